The highest BCUT2D eigenvalue weighted by Crippen LogP contribution is 2.92. The van der Waals surface area contributed by atoms with Gasteiger partial charge in [0.2, 0.25) is 0 Å². The normalized spacial score (nSPS) is 21.2. The van der Waals surface area contributed by atoms with Crippen LogP contribution in [-0.2, 0) is 0 Å². The molecule has 0 N–H and O–H groups in total. The third-order valence-electron chi connectivity index (χ3n) is 5.41. The molecule has 0 aromatic carbocycles. The van der Waals surface area contributed by atoms with Crippen LogP contribution >= 0.6 is 64.4 Å². The SMILES string of the molecule is Cc1cccc2[n+]1[B-](Cl)(Cl)[C@H]2[P+]([B-](Cl)(Cl)Cl)(C(C)(C)C)C(C)(C)C. The first-order valence-corrected chi connectivity index (χ1v) is 12.2. The topological polar surface area (TPSA) is 3.88 Å². The number of fused-ring (bicyclic) bond motifs is 1. The van der Waals surface area contributed by atoms with Crippen molar-refractivity contribution in [1.29, 1.82) is 0 Å². The van der Waals surface area contributed by atoms with Crippen molar-refractivity contribution in [1.82, 2.24) is 0 Å². The van der Waals surface area contributed by atoms with Crippen molar-refractivity contribution in [2.45, 2.75) is 64.3 Å². The van der Waals surface area contributed by atoms with E-state index < -0.39 is 16.4 Å². The molecule has 0 saturated carbocycles. The van der Waals surface area contributed by atoms with E-state index in [9.17, 15) is 0 Å². The molecule has 1 aromatic heterocycles. The van der Waals surface area contributed by atoms with Gasteiger partial charge in [0, 0.05) is 23.3 Å². The molecule has 136 valence electrons. The Morgan fingerprint density at radius 1 is 1.00 bits per heavy atom. The first kappa shape index (κ1) is 21.5. The van der Waals surface area contributed by atoms with Crippen molar-refractivity contribution in [2.75, 3.05) is 0 Å². The lowest BCUT2D eigenvalue weighted by molar-refractivity contribution is -0.577. The lowest BCUT2D eigenvalue weighted by atomic mass is 9.71. The molecule has 2 heterocycles. The average molecular weight is 449 g/mol. The van der Waals surface area contributed by atoms with Gasteiger partial charge < -0.3 is 38.9 Å². The highest BCUT2D eigenvalue weighted by atomic mass is 35.6. The van der Waals surface area contributed by atoms with Crippen LogP contribution in [0.15, 0.2) is 18.2 Å². The summed E-state index contributed by atoms with van der Waals surface area (Å²) in [6, 6.07) is 6.11. The number of aryl methyl sites for hydroxylation is 1. The Kier molecular flexibility index (Phi) is 5.44. The molecule has 0 radical (unpaired) electrons. The maximum Gasteiger partial charge on any atom is 0.490 e. The van der Waals surface area contributed by atoms with Crippen molar-refractivity contribution in [3.63, 3.8) is 0 Å². The van der Waals surface area contributed by atoms with E-state index in [-0.39, 0.29) is 15.9 Å². The van der Waals surface area contributed by atoms with E-state index in [2.05, 4.69) is 47.6 Å². The summed E-state index contributed by atoms with van der Waals surface area (Å²) in [5.74, 6) is 0. The fourth-order valence-corrected chi connectivity index (χ4v) is 20.4. The van der Waals surface area contributed by atoms with Crippen LogP contribution in [0.5, 0.6) is 0 Å². The Balaban J connectivity index is 2.90. The molecule has 0 spiro atoms. The molecule has 24 heavy (non-hydrogen) atoms. The number of pyridine rings is 1. The van der Waals surface area contributed by atoms with Crippen LogP contribution in [0.2, 0.25) is 0 Å². The largest absolute Gasteiger partial charge is 0.490 e. The van der Waals surface area contributed by atoms with Gasteiger partial charge in [0.05, 0.1) is 5.56 Å². The molecule has 1 atom stereocenters. The van der Waals surface area contributed by atoms with Gasteiger partial charge in [0.1, 0.15) is 11.4 Å². The van der Waals surface area contributed by atoms with E-state index in [1.54, 1.807) is 0 Å². The van der Waals surface area contributed by atoms with Crippen LogP contribution in [0, 0.1) is 6.92 Å². The summed E-state index contributed by atoms with van der Waals surface area (Å²) < 4.78 is -0.190. The van der Waals surface area contributed by atoms with Crippen molar-refractivity contribution in [3.8, 4) is 0 Å². The summed E-state index contributed by atoms with van der Waals surface area (Å²) in [6.45, 7) is 15.0. The van der Waals surface area contributed by atoms with Crippen LogP contribution in [-0.4, -0.2) is 19.5 Å². The molecule has 0 amide bonds. The second-order valence-electron chi connectivity index (χ2n) is 8.74. The minimum absolute atomic E-state index is 0.131. The summed E-state index contributed by atoms with van der Waals surface area (Å²) in [5, 5.41) is -2.33. The summed E-state index contributed by atoms with van der Waals surface area (Å²) >= 11 is 34.3. The molecule has 0 aliphatic carbocycles. The van der Waals surface area contributed by atoms with Gasteiger partial charge in [-0.1, -0.05) is 6.07 Å². The highest BCUT2D eigenvalue weighted by molar-refractivity contribution is 8.29. The van der Waals surface area contributed by atoms with E-state index in [0.717, 1.165) is 11.4 Å². The summed E-state index contributed by atoms with van der Waals surface area (Å²) in [4.78, 5) is 0. The standard InChI is InChI=1S/C15H25B2Cl5NP/c1-11-9-8-10-12-13(16(18,19)23(11)12)24(14(2,3)4,15(5,6)7)17(20,21)22/h8-10,13H,1-7H3/t13-/m0/s1. The molecule has 0 unspecified atom stereocenters. The minimum atomic E-state index is -2.32. The zero-order chi connectivity index (χ0) is 18.9. The van der Waals surface area contributed by atoms with Gasteiger partial charge >= 0.3 is 9.22 Å². The molecule has 1 aromatic rings. The van der Waals surface area contributed by atoms with E-state index in [4.69, 9.17) is 57.3 Å². The maximum absolute atomic E-state index is 6.96. The van der Waals surface area contributed by atoms with Crippen LogP contribution in [0.4, 0.5) is 0 Å². The fraction of sp³-hybridized carbons (Fsp3) is 0.667. The lowest BCUT2D eigenvalue weighted by Crippen LogP contribution is -2.77. The average Bonchev–Trinajstić information content (AvgIpc) is 2.29. The van der Waals surface area contributed by atoms with Crippen molar-refractivity contribution in [2.24, 2.45) is 0 Å². The highest BCUT2D eigenvalue weighted by Gasteiger charge is 2.77. The molecule has 1 aliphatic heterocycles. The van der Waals surface area contributed by atoms with E-state index in [0.29, 0.717) is 0 Å². The second kappa shape index (κ2) is 6.08. The smallest absolute Gasteiger partial charge is 0.391 e. The summed E-state index contributed by atoms with van der Waals surface area (Å²) in [5.41, 5.74) is 1.99. The molecule has 1 nitrogen and oxygen atoms in total. The van der Waals surface area contributed by atoms with Gasteiger partial charge in [-0.25, -0.2) is 0 Å². The van der Waals surface area contributed by atoms with E-state index >= 15 is 0 Å². The van der Waals surface area contributed by atoms with Crippen LogP contribution in [0.1, 0.15) is 58.5 Å². The van der Waals surface area contributed by atoms with E-state index in [1.165, 1.54) is 0 Å². The molecule has 0 bridgehead atoms. The van der Waals surface area contributed by atoms with Gasteiger partial charge in [-0.3, -0.25) is 22.9 Å². The maximum atomic E-state index is 6.96. The number of nitrogens with zero attached hydrogens (tertiary/aromatic N) is 1. The Labute approximate surface area is 171 Å². The number of halogens is 5. The molecular formula is C15H25B2Cl5NP. The van der Waals surface area contributed by atoms with Gasteiger partial charge in [-0.05, 0) is 47.6 Å². The molecule has 9 heteroatoms. The Bertz CT molecular complexity index is 625. The Hall–Kier alpha value is 1.16. The molecule has 0 saturated heterocycles. The van der Waals surface area contributed by atoms with Crippen LogP contribution in [0.3, 0.4) is 0 Å². The molecule has 2 rings (SSSR count). The van der Waals surface area contributed by atoms with Crippen LogP contribution in [0.25, 0.3) is 0 Å². The number of aromatic nitrogens is 1. The predicted octanol–water partition coefficient (Wildman–Crippen LogP) is 6.91. The quantitative estimate of drug-likeness (QED) is 0.341. The third kappa shape index (κ3) is 2.76. The molecule has 1 aliphatic rings. The van der Waals surface area contributed by atoms with Gasteiger partial charge in [0.25, 0.3) is 0 Å². The van der Waals surface area contributed by atoms with E-state index in [1.807, 2.05) is 23.5 Å². The third-order valence-corrected chi connectivity index (χ3v) is 16.4. The zero-order valence-electron chi connectivity index (χ0n) is 15.2. The number of hydrogen-bond donors (Lipinski definition) is 0. The van der Waals surface area contributed by atoms with Gasteiger partial charge in [-0.2, -0.15) is 0 Å². The number of rotatable bonds is 2. The fourth-order valence-electron chi connectivity index (χ4n) is 5.02. The Morgan fingerprint density at radius 2 is 1.46 bits per heavy atom. The summed E-state index contributed by atoms with van der Waals surface area (Å²) in [6.07, 6.45) is 0. The second-order valence-corrected chi connectivity index (χ2v) is 19.4. The van der Waals surface area contributed by atoms with Crippen LogP contribution < -0.4 is 4.48 Å². The lowest BCUT2D eigenvalue weighted by Gasteiger charge is -2.65. The predicted molar refractivity (Wildman–Crippen MR) is 117 cm³/mol. The van der Waals surface area contributed by atoms with Gasteiger partial charge in [-0.15, -0.1) is 7.14 Å². The van der Waals surface area contributed by atoms with Crippen molar-refractivity contribution in [3.05, 3.63) is 29.6 Å². The summed E-state index contributed by atoms with van der Waals surface area (Å²) in [7, 11) is -2.32. The zero-order valence-corrected chi connectivity index (χ0v) is 19.9. The minimum Gasteiger partial charge on any atom is -0.391 e. The molecule has 0 fully saturated rings. The first-order chi connectivity index (χ1) is 10.5. The van der Waals surface area contributed by atoms with Gasteiger partial charge in [0.15, 0.2) is 0 Å². The Morgan fingerprint density at radius 3 is 1.83 bits per heavy atom. The van der Waals surface area contributed by atoms with Crippen molar-refractivity contribution >= 4 is 73.7 Å². The first-order valence-electron chi connectivity index (χ1n) is 8.13. The monoisotopic (exact) mass is 447 g/mol. The number of hydrogen-bond acceptors (Lipinski definition) is 0. The van der Waals surface area contributed by atoms with Crippen molar-refractivity contribution < 1.29 is 4.48 Å². The molecular weight excluding hydrogens is 424 g/mol.